The predicted molar refractivity (Wildman–Crippen MR) is 76.1 cm³/mol. The standard InChI is InChI=1S/C11H15BrN2O3.ClH/c1-3-6(2)10(13)8-4-7(14(16)17)5-9(12)11(8)15;/h4-6,10,15H,3,13H2,1-2H3;1H/t6?,10-;/m1./s1. The van der Waals surface area contributed by atoms with Crippen LogP contribution in [0.2, 0.25) is 0 Å². The molecule has 1 aromatic rings. The average Bonchev–Trinajstić information content (AvgIpc) is 2.30. The van der Waals surface area contributed by atoms with E-state index in [-0.39, 0.29) is 29.8 Å². The molecule has 0 aliphatic rings. The Morgan fingerprint density at radius 3 is 2.56 bits per heavy atom. The SMILES string of the molecule is CCC(C)[C@@H](N)c1cc([N+](=O)[O-])cc(Br)c1O.Cl. The lowest BCUT2D eigenvalue weighted by Gasteiger charge is -2.20. The van der Waals surface area contributed by atoms with Gasteiger partial charge in [0.15, 0.2) is 0 Å². The van der Waals surface area contributed by atoms with E-state index >= 15 is 0 Å². The van der Waals surface area contributed by atoms with Crippen LogP contribution >= 0.6 is 28.3 Å². The second kappa shape index (κ2) is 6.92. The summed E-state index contributed by atoms with van der Waals surface area (Å²) >= 11 is 3.09. The van der Waals surface area contributed by atoms with E-state index in [4.69, 9.17) is 5.73 Å². The zero-order valence-corrected chi connectivity index (χ0v) is 12.5. The van der Waals surface area contributed by atoms with Gasteiger partial charge in [-0.15, -0.1) is 12.4 Å². The number of non-ortho nitro benzene ring substituents is 1. The number of hydrogen-bond donors (Lipinski definition) is 2. The minimum absolute atomic E-state index is 0. The summed E-state index contributed by atoms with van der Waals surface area (Å²) in [5.74, 6) is 0.109. The lowest BCUT2D eigenvalue weighted by Crippen LogP contribution is -2.18. The number of nitrogens with zero attached hydrogens (tertiary/aromatic N) is 1. The Morgan fingerprint density at radius 2 is 2.11 bits per heavy atom. The van der Waals surface area contributed by atoms with E-state index in [0.29, 0.717) is 10.0 Å². The smallest absolute Gasteiger partial charge is 0.271 e. The van der Waals surface area contributed by atoms with Gasteiger partial charge in [-0.25, -0.2) is 0 Å². The first-order valence-electron chi connectivity index (χ1n) is 5.30. The molecular formula is C11H16BrClN2O3. The van der Waals surface area contributed by atoms with Gasteiger partial charge in [0.25, 0.3) is 5.69 Å². The fourth-order valence-electron chi connectivity index (χ4n) is 1.53. The van der Waals surface area contributed by atoms with Crippen LogP contribution in [0.4, 0.5) is 5.69 Å². The number of halogens is 2. The summed E-state index contributed by atoms with van der Waals surface area (Å²) in [5, 5.41) is 20.6. The van der Waals surface area contributed by atoms with Crippen molar-refractivity contribution in [3.63, 3.8) is 0 Å². The number of nitro groups is 1. The van der Waals surface area contributed by atoms with Crippen molar-refractivity contribution in [1.82, 2.24) is 0 Å². The molecule has 102 valence electrons. The number of nitro benzene ring substituents is 1. The Labute approximate surface area is 120 Å². The van der Waals surface area contributed by atoms with Crippen molar-refractivity contribution in [2.75, 3.05) is 0 Å². The average molecular weight is 340 g/mol. The number of hydrogen-bond acceptors (Lipinski definition) is 4. The first-order chi connectivity index (χ1) is 7.88. The highest BCUT2D eigenvalue weighted by molar-refractivity contribution is 9.10. The third kappa shape index (κ3) is 3.57. The molecule has 0 heterocycles. The second-order valence-electron chi connectivity index (χ2n) is 4.03. The molecule has 0 aliphatic heterocycles. The summed E-state index contributed by atoms with van der Waals surface area (Å²) < 4.78 is 0.292. The van der Waals surface area contributed by atoms with Gasteiger partial charge >= 0.3 is 0 Å². The number of rotatable bonds is 4. The largest absolute Gasteiger partial charge is 0.506 e. The van der Waals surface area contributed by atoms with Crippen molar-refractivity contribution in [3.05, 3.63) is 32.3 Å². The van der Waals surface area contributed by atoms with Gasteiger partial charge in [0.05, 0.1) is 9.40 Å². The summed E-state index contributed by atoms with van der Waals surface area (Å²) in [7, 11) is 0. The molecule has 1 aromatic carbocycles. The molecule has 0 saturated carbocycles. The Bertz CT molecular complexity index is 443. The van der Waals surface area contributed by atoms with E-state index in [1.807, 2.05) is 13.8 Å². The topological polar surface area (TPSA) is 89.4 Å². The second-order valence-corrected chi connectivity index (χ2v) is 4.89. The quantitative estimate of drug-likeness (QED) is 0.648. The van der Waals surface area contributed by atoms with Crippen molar-refractivity contribution >= 4 is 34.0 Å². The van der Waals surface area contributed by atoms with Gasteiger partial charge in [0.1, 0.15) is 5.75 Å². The monoisotopic (exact) mass is 338 g/mol. The summed E-state index contributed by atoms with van der Waals surface area (Å²) in [5.41, 5.74) is 6.31. The molecule has 0 fully saturated rings. The molecule has 0 radical (unpaired) electrons. The van der Waals surface area contributed by atoms with E-state index in [2.05, 4.69) is 15.9 Å². The highest BCUT2D eigenvalue weighted by Gasteiger charge is 2.22. The highest BCUT2D eigenvalue weighted by atomic mass is 79.9. The Balaban J connectivity index is 0.00000289. The number of benzene rings is 1. The van der Waals surface area contributed by atoms with Crippen LogP contribution < -0.4 is 5.73 Å². The zero-order valence-electron chi connectivity index (χ0n) is 10.1. The van der Waals surface area contributed by atoms with E-state index in [1.165, 1.54) is 12.1 Å². The molecule has 0 spiro atoms. The van der Waals surface area contributed by atoms with Crippen molar-refractivity contribution in [2.24, 2.45) is 11.7 Å². The highest BCUT2D eigenvalue weighted by Crippen LogP contribution is 2.37. The minimum Gasteiger partial charge on any atom is -0.506 e. The molecule has 0 saturated heterocycles. The maximum absolute atomic E-state index is 10.7. The molecule has 0 aliphatic carbocycles. The van der Waals surface area contributed by atoms with Crippen LogP contribution in [0.3, 0.4) is 0 Å². The van der Waals surface area contributed by atoms with Crippen LogP contribution in [-0.2, 0) is 0 Å². The third-order valence-electron chi connectivity index (χ3n) is 2.90. The summed E-state index contributed by atoms with van der Waals surface area (Å²) in [6.45, 7) is 3.92. The molecule has 0 amide bonds. The van der Waals surface area contributed by atoms with Gasteiger partial charge in [0, 0.05) is 23.7 Å². The summed E-state index contributed by atoms with van der Waals surface area (Å²) in [4.78, 5) is 10.2. The van der Waals surface area contributed by atoms with Gasteiger partial charge in [-0.05, 0) is 21.8 Å². The van der Waals surface area contributed by atoms with Gasteiger partial charge in [-0.2, -0.15) is 0 Å². The zero-order chi connectivity index (χ0) is 13.2. The summed E-state index contributed by atoms with van der Waals surface area (Å²) in [6.07, 6.45) is 0.834. The van der Waals surface area contributed by atoms with Crippen LogP contribution in [0.5, 0.6) is 5.75 Å². The minimum atomic E-state index is -0.503. The van der Waals surface area contributed by atoms with Gasteiger partial charge < -0.3 is 10.8 Å². The van der Waals surface area contributed by atoms with Gasteiger partial charge in [-0.3, -0.25) is 10.1 Å². The van der Waals surface area contributed by atoms with Crippen molar-refractivity contribution in [3.8, 4) is 5.75 Å². The summed E-state index contributed by atoms with van der Waals surface area (Å²) in [6, 6.07) is 2.18. The molecule has 0 aromatic heterocycles. The number of nitrogens with two attached hydrogens (primary N) is 1. The first-order valence-corrected chi connectivity index (χ1v) is 6.10. The Morgan fingerprint density at radius 1 is 1.56 bits per heavy atom. The Hall–Kier alpha value is -0.850. The molecule has 3 N–H and O–H groups in total. The molecule has 18 heavy (non-hydrogen) atoms. The molecule has 2 atom stereocenters. The third-order valence-corrected chi connectivity index (χ3v) is 3.51. The fourth-order valence-corrected chi connectivity index (χ4v) is 1.99. The van der Waals surface area contributed by atoms with Crippen molar-refractivity contribution in [2.45, 2.75) is 26.3 Å². The first kappa shape index (κ1) is 17.2. The van der Waals surface area contributed by atoms with Crippen LogP contribution in [0, 0.1) is 16.0 Å². The van der Waals surface area contributed by atoms with E-state index in [0.717, 1.165) is 6.42 Å². The molecule has 1 unspecified atom stereocenters. The maximum Gasteiger partial charge on any atom is 0.271 e. The van der Waals surface area contributed by atoms with Crippen LogP contribution in [0.1, 0.15) is 31.9 Å². The normalized spacial score (nSPS) is 13.6. The molecule has 0 bridgehead atoms. The van der Waals surface area contributed by atoms with Crippen LogP contribution in [0.25, 0.3) is 0 Å². The molecule has 1 rings (SSSR count). The van der Waals surface area contributed by atoms with Crippen molar-refractivity contribution < 1.29 is 10.0 Å². The van der Waals surface area contributed by atoms with Crippen molar-refractivity contribution in [1.29, 1.82) is 0 Å². The van der Waals surface area contributed by atoms with Crippen LogP contribution in [0.15, 0.2) is 16.6 Å². The van der Waals surface area contributed by atoms with Gasteiger partial charge in [0.2, 0.25) is 0 Å². The molecule has 5 nitrogen and oxygen atoms in total. The van der Waals surface area contributed by atoms with E-state index in [9.17, 15) is 15.2 Å². The number of aromatic hydroxyl groups is 1. The van der Waals surface area contributed by atoms with E-state index < -0.39 is 11.0 Å². The van der Waals surface area contributed by atoms with Crippen LogP contribution in [-0.4, -0.2) is 10.0 Å². The number of phenolic OH excluding ortho intramolecular Hbond substituents is 1. The van der Waals surface area contributed by atoms with Gasteiger partial charge in [-0.1, -0.05) is 20.3 Å². The Kier molecular flexibility index (Phi) is 6.59. The maximum atomic E-state index is 10.7. The molecule has 7 heteroatoms. The lowest BCUT2D eigenvalue weighted by molar-refractivity contribution is -0.385. The molecular weight excluding hydrogens is 323 g/mol. The predicted octanol–water partition coefficient (Wildman–Crippen LogP) is 3.53. The van der Waals surface area contributed by atoms with E-state index in [1.54, 1.807) is 0 Å². The fraction of sp³-hybridized carbons (Fsp3) is 0.455. The number of phenols is 1. The lowest BCUT2D eigenvalue weighted by atomic mass is 9.92.